The number of rotatable bonds is 14. The number of benzene rings is 3. The van der Waals surface area contributed by atoms with E-state index < -0.39 is 29.1 Å². The first-order valence-electron chi connectivity index (χ1n) is 17.2. The summed E-state index contributed by atoms with van der Waals surface area (Å²) < 4.78 is 7.05. The first-order chi connectivity index (χ1) is 23.2. The van der Waals surface area contributed by atoms with Gasteiger partial charge in [0.25, 0.3) is 5.91 Å². The molecule has 1 N–H and O–H groups in total. The van der Waals surface area contributed by atoms with Crippen LogP contribution in [0.2, 0.25) is 0 Å². The van der Waals surface area contributed by atoms with Crippen LogP contribution in [0, 0.1) is 17.8 Å². The number of hydrogen-bond acceptors (Lipinski definition) is 5. The molecule has 2 bridgehead atoms. The molecule has 6 atom stereocenters. The van der Waals surface area contributed by atoms with Crippen molar-refractivity contribution < 1.29 is 24.2 Å². The molecule has 3 aromatic rings. The molecule has 6 rings (SSSR count). The minimum atomic E-state index is -1.17. The third-order valence-electron chi connectivity index (χ3n) is 10.9. The van der Waals surface area contributed by atoms with E-state index >= 15 is 4.79 Å². The topological polar surface area (TPSA) is 90.4 Å². The molecular formula is C40H47N3O5. The van der Waals surface area contributed by atoms with Crippen molar-refractivity contribution in [3.8, 4) is 0 Å². The molecule has 3 aliphatic heterocycles. The quantitative estimate of drug-likeness (QED) is 0.167. The summed E-state index contributed by atoms with van der Waals surface area (Å²) >= 11 is 0. The lowest BCUT2D eigenvalue weighted by Crippen LogP contribution is -2.57. The lowest BCUT2D eigenvalue weighted by molar-refractivity contribution is -0.145. The Labute approximate surface area is 283 Å². The molecule has 3 saturated heterocycles. The van der Waals surface area contributed by atoms with E-state index in [0.29, 0.717) is 25.8 Å². The minimum absolute atomic E-state index is 0.0785. The number of aliphatic hydroxyl groups is 1. The fourth-order valence-corrected chi connectivity index (χ4v) is 8.55. The average molecular weight is 650 g/mol. The minimum Gasteiger partial charge on any atom is -0.396 e. The fourth-order valence-electron chi connectivity index (χ4n) is 8.55. The van der Waals surface area contributed by atoms with Gasteiger partial charge in [-0.2, -0.15) is 0 Å². The van der Waals surface area contributed by atoms with Crippen LogP contribution < -0.4 is 9.80 Å². The highest BCUT2D eigenvalue weighted by molar-refractivity contribution is 6.07. The molecule has 0 radical (unpaired) electrons. The molecule has 0 aliphatic carbocycles. The molecule has 252 valence electrons. The van der Waals surface area contributed by atoms with Gasteiger partial charge in [0.05, 0.1) is 17.4 Å². The van der Waals surface area contributed by atoms with Crippen LogP contribution in [-0.4, -0.2) is 71.2 Å². The number of anilines is 2. The number of unbranched alkanes of at least 4 members (excludes halogenated alkanes) is 3. The number of amides is 3. The molecular weight excluding hydrogens is 602 g/mol. The van der Waals surface area contributed by atoms with Crippen molar-refractivity contribution in [2.75, 3.05) is 36.0 Å². The molecule has 1 spiro atoms. The van der Waals surface area contributed by atoms with Crippen molar-refractivity contribution in [1.82, 2.24) is 4.90 Å². The number of hydrogen-bond donors (Lipinski definition) is 1. The average Bonchev–Trinajstić information content (AvgIpc) is 3.61. The maximum absolute atomic E-state index is 15.1. The lowest BCUT2D eigenvalue weighted by atomic mass is 9.62. The Balaban J connectivity index is 1.43. The number of fused-ring (bicyclic) bond motifs is 2. The van der Waals surface area contributed by atoms with E-state index in [0.717, 1.165) is 35.0 Å². The first-order valence-corrected chi connectivity index (χ1v) is 17.2. The highest BCUT2D eigenvalue weighted by Crippen LogP contribution is 2.65. The zero-order valence-corrected chi connectivity index (χ0v) is 28.1. The van der Waals surface area contributed by atoms with E-state index in [4.69, 9.17) is 4.74 Å². The fraction of sp³-hybridized carbons (Fsp3) is 0.425. The SMILES string of the molecule is C=CCN(C(=O)C1N(CCCCCCO)C(=O)[C@@H]2[C@@H](C(=O)N(CC=C)c3ccccc3)[C@]3(C)OC12CC3C)c1ccc2ccccc2c1. The van der Waals surface area contributed by atoms with Crippen LogP contribution in [0.5, 0.6) is 0 Å². The van der Waals surface area contributed by atoms with Gasteiger partial charge in [-0.05, 0) is 67.1 Å². The van der Waals surface area contributed by atoms with Crippen LogP contribution in [0.15, 0.2) is 98.1 Å². The molecule has 8 nitrogen and oxygen atoms in total. The van der Waals surface area contributed by atoms with E-state index in [1.54, 1.807) is 26.9 Å². The molecule has 48 heavy (non-hydrogen) atoms. The van der Waals surface area contributed by atoms with Crippen LogP contribution in [0.3, 0.4) is 0 Å². The largest absolute Gasteiger partial charge is 0.396 e. The Morgan fingerprint density at radius 3 is 2.23 bits per heavy atom. The van der Waals surface area contributed by atoms with Gasteiger partial charge < -0.3 is 24.5 Å². The molecule has 3 aromatic carbocycles. The van der Waals surface area contributed by atoms with Gasteiger partial charge in [0.15, 0.2) is 0 Å². The molecule has 3 amide bonds. The van der Waals surface area contributed by atoms with E-state index in [-0.39, 0.29) is 43.3 Å². The number of carbonyl (C=O) groups excluding carboxylic acids is 3. The van der Waals surface area contributed by atoms with Gasteiger partial charge in [-0.15, -0.1) is 13.2 Å². The Hall–Kier alpha value is -4.27. The van der Waals surface area contributed by atoms with Crippen molar-refractivity contribution in [2.24, 2.45) is 17.8 Å². The Kier molecular flexibility index (Phi) is 9.59. The molecule has 3 unspecified atom stereocenters. The zero-order chi connectivity index (χ0) is 34.1. The normalized spacial score (nSPS) is 27.2. The summed E-state index contributed by atoms with van der Waals surface area (Å²) in [5, 5.41) is 11.4. The third-order valence-corrected chi connectivity index (χ3v) is 10.9. The number of carbonyl (C=O) groups is 3. The monoisotopic (exact) mass is 649 g/mol. The van der Waals surface area contributed by atoms with E-state index in [1.165, 1.54) is 0 Å². The number of aliphatic hydroxyl groups excluding tert-OH is 1. The van der Waals surface area contributed by atoms with Crippen LogP contribution in [0.4, 0.5) is 11.4 Å². The Morgan fingerprint density at radius 1 is 0.896 bits per heavy atom. The van der Waals surface area contributed by atoms with Gasteiger partial charge in [-0.1, -0.05) is 80.4 Å². The van der Waals surface area contributed by atoms with Crippen molar-refractivity contribution in [3.63, 3.8) is 0 Å². The molecule has 3 fully saturated rings. The maximum atomic E-state index is 15.1. The molecule has 3 heterocycles. The second kappa shape index (κ2) is 13.7. The van der Waals surface area contributed by atoms with Gasteiger partial charge in [0.1, 0.15) is 11.6 Å². The van der Waals surface area contributed by atoms with Crippen LogP contribution in [-0.2, 0) is 19.1 Å². The van der Waals surface area contributed by atoms with E-state index in [1.807, 2.05) is 79.7 Å². The van der Waals surface area contributed by atoms with Crippen LogP contribution in [0.1, 0.15) is 46.0 Å². The van der Waals surface area contributed by atoms with Gasteiger partial charge >= 0.3 is 0 Å². The van der Waals surface area contributed by atoms with E-state index in [9.17, 15) is 14.7 Å². The highest BCUT2D eigenvalue weighted by atomic mass is 16.5. The standard InChI is InChI=1S/C40H47N3O5/c1-5-22-41(31-18-10-9-11-19-31)36(45)33-34-37(46)43(24-14-7-8-15-25-44)35(40(34)27-28(3)39(33,4)48-40)38(47)42(23-6-2)32-21-20-29-16-12-13-17-30(29)26-32/h5-6,9-13,16-21,26,28,33-35,44H,1-2,7-8,14-15,22-25,27H2,3-4H3/t28?,33-,34-,35?,39+,40?/m0/s1. The summed E-state index contributed by atoms with van der Waals surface area (Å²) in [6, 6.07) is 22.5. The molecule has 0 aromatic heterocycles. The summed E-state index contributed by atoms with van der Waals surface area (Å²) in [6.45, 7) is 12.9. The van der Waals surface area contributed by atoms with Crippen molar-refractivity contribution >= 4 is 39.9 Å². The number of nitrogens with zero attached hydrogens (tertiary/aromatic N) is 3. The van der Waals surface area contributed by atoms with Crippen LogP contribution >= 0.6 is 0 Å². The van der Waals surface area contributed by atoms with Gasteiger partial charge in [-0.25, -0.2) is 0 Å². The number of para-hydroxylation sites is 1. The van der Waals surface area contributed by atoms with Crippen molar-refractivity contribution in [1.29, 1.82) is 0 Å². The second-order valence-corrected chi connectivity index (χ2v) is 13.7. The molecule has 8 heteroatoms. The summed E-state index contributed by atoms with van der Waals surface area (Å²) in [4.78, 5) is 49.8. The zero-order valence-electron chi connectivity index (χ0n) is 28.1. The smallest absolute Gasteiger partial charge is 0.253 e. The Morgan fingerprint density at radius 2 is 1.54 bits per heavy atom. The maximum Gasteiger partial charge on any atom is 0.253 e. The van der Waals surface area contributed by atoms with Crippen molar-refractivity contribution in [3.05, 3.63) is 98.1 Å². The number of ether oxygens (including phenoxy) is 1. The van der Waals surface area contributed by atoms with Crippen LogP contribution in [0.25, 0.3) is 10.8 Å². The molecule has 0 saturated carbocycles. The third kappa shape index (κ3) is 5.55. The number of likely N-dealkylation sites (tertiary alicyclic amines) is 1. The second-order valence-electron chi connectivity index (χ2n) is 13.7. The Bertz CT molecular complexity index is 1690. The van der Waals surface area contributed by atoms with Gasteiger partial charge in [0.2, 0.25) is 11.8 Å². The van der Waals surface area contributed by atoms with Gasteiger partial charge in [0, 0.05) is 37.6 Å². The van der Waals surface area contributed by atoms with E-state index in [2.05, 4.69) is 20.1 Å². The molecule has 3 aliphatic rings. The van der Waals surface area contributed by atoms with Gasteiger partial charge in [-0.3, -0.25) is 14.4 Å². The first kappa shape index (κ1) is 33.6. The summed E-state index contributed by atoms with van der Waals surface area (Å²) in [7, 11) is 0. The predicted molar refractivity (Wildman–Crippen MR) is 190 cm³/mol. The summed E-state index contributed by atoms with van der Waals surface area (Å²) in [5.74, 6) is -2.29. The predicted octanol–water partition coefficient (Wildman–Crippen LogP) is 6.14. The summed E-state index contributed by atoms with van der Waals surface area (Å²) in [6.07, 6.45) is 6.88. The van der Waals surface area contributed by atoms with Crippen molar-refractivity contribution in [2.45, 2.75) is 63.2 Å². The lowest BCUT2D eigenvalue weighted by Gasteiger charge is -2.39. The summed E-state index contributed by atoms with van der Waals surface area (Å²) in [5.41, 5.74) is -0.665. The highest BCUT2D eigenvalue weighted by Gasteiger charge is 2.80.